The largest absolute Gasteiger partial charge is 0.311 e. The van der Waals surface area contributed by atoms with E-state index >= 15 is 0 Å². The van der Waals surface area contributed by atoms with Gasteiger partial charge in [-0.3, -0.25) is 0 Å². The third-order valence-corrected chi connectivity index (χ3v) is 21.8. The zero-order chi connectivity index (χ0) is 54.7. The van der Waals surface area contributed by atoms with Gasteiger partial charge in [0, 0.05) is 54.9 Å². The van der Waals surface area contributed by atoms with E-state index in [0.717, 1.165) is 50.0 Å². The zero-order valence-corrected chi connectivity index (χ0v) is 46.2. The van der Waals surface area contributed by atoms with Crippen molar-refractivity contribution < 1.29 is 0 Å². The first kappa shape index (κ1) is 48.6. The number of nitrogens with zero attached hydrogens (tertiary/aromatic N) is 3. The third kappa shape index (κ3) is 7.87. The van der Waals surface area contributed by atoms with Gasteiger partial charge in [-0.1, -0.05) is 244 Å². The van der Waals surface area contributed by atoms with Gasteiger partial charge < -0.3 is 13.9 Å². The minimum absolute atomic E-state index is 1.03. The second kappa shape index (κ2) is 20.0. The predicted octanol–water partition coefficient (Wildman–Crippen LogP) is 16.0. The van der Waals surface area contributed by atoms with Gasteiger partial charge in [-0.25, -0.2) is 0 Å². The summed E-state index contributed by atoms with van der Waals surface area (Å²) in [7, 11) is -2.65. The molecule has 0 spiro atoms. The molecule has 4 heteroatoms. The molecule has 0 N–H and O–H groups in total. The van der Waals surface area contributed by atoms with Crippen molar-refractivity contribution in [1.29, 1.82) is 0 Å². The summed E-state index contributed by atoms with van der Waals surface area (Å²) in [6, 6.07) is 110. The minimum Gasteiger partial charge on any atom is -0.311 e. The normalized spacial score (nSPS) is 12.1. The van der Waals surface area contributed by atoms with Crippen LogP contribution in [0.5, 0.6) is 0 Å². The Morgan fingerprint density at radius 2 is 0.720 bits per heavy atom. The van der Waals surface area contributed by atoms with Crippen LogP contribution < -0.4 is 36.2 Å². The topological polar surface area (TPSA) is 12.6 Å². The lowest BCUT2D eigenvalue weighted by molar-refractivity contribution is 1.18. The monoisotopic (exact) mass is 1060 g/mol. The lowest BCUT2D eigenvalue weighted by Crippen LogP contribution is -2.74. The third-order valence-electron chi connectivity index (χ3n) is 17.0. The number of rotatable bonds is 12. The Kier molecular flexibility index (Phi) is 11.8. The number of fused-ring (bicyclic) bond motifs is 6. The summed E-state index contributed by atoms with van der Waals surface area (Å²) in [6.07, 6.45) is 3.92. The molecule has 386 valence electrons. The van der Waals surface area contributed by atoms with Crippen LogP contribution in [0.4, 0.5) is 17.1 Å². The fraction of sp³-hybridized carbons (Fsp3) is 0. The van der Waals surface area contributed by atoms with Crippen molar-refractivity contribution in [2.45, 2.75) is 0 Å². The fourth-order valence-corrected chi connectivity index (χ4v) is 17.9. The van der Waals surface area contributed by atoms with Crippen LogP contribution in [0.15, 0.2) is 310 Å². The Morgan fingerprint density at radius 3 is 1.21 bits per heavy atom. The highest BCUT2D eigenvalue weighted by Gasteiger charge is 2.41. The Bertz CT molecular complexity index is 4800. The van der Waals surface area contributed by atoms with Crippen LogP contribution in [0.25, 0.3) is 101 Å². The van der Waals surface area contributed by atoms with Crippen molar-refractivity contribution in [1.82, 2.24) is 8.97 Å². The first-order chi connectivity index (χ1) is 40.5. The summed E-state index contributed by atoms with van der Waals surface area (Å²) in [5.74, 6) is 0. The van der Waals surface area contributed by atoms with Gasteiger partial charge in [0.1, 0.15) is 0 Å². The van der Waals surface area contributed by atoms with Crippen molar-refractivity contribution in [2.75, 3.05) is 4.90 Å². The first-order valence-corrected chi connectivity index (χ1v) is 30.1. The molecular formula is C78H55N3Si. The second-order valence-electron chi connectivity index (χ2n) is 21.4. The Labute approximate surface area is 478 Å². The number of hydrogen-bond donors (Lipinski definition) is 0. The Morgan fingerprint density at radius 1 is 0.329 bits per heavy atom. The number of hydrogen-bond acceptors (Lipinski definition) is 1. The van der Waals surface area contributed by atoms with E-state index in [-0.39, 0.29) is 0 Å². The van der Waals surface area contributed by atoms with Gasteiger partial charge in [0.2, 0.25) is 0 Å². The van der Waals surface area contributed by atoms with Crippen molar-refractivity contribution in [3.05, 3.63) is 320 Å². The van der Waals surface area contributed by atoms with Gasteiger partial charge in [-0.2, -0.15) is 0 Å². The van der Waals surface area contributed by atoms with Crippen LogP contribution in [-0.2, 0) is 0 Å². The van der Waals surface area contributed by atoms with E-state index in [4.69, 9.17) is 0 Å². The molecule has 3 aromatic heterocycles. The highest BCUT2D eigenvalue weighted by atomic mass is 28.3. The number of allylic oxidation sites excluding steroid dienone is 1. The quantitative estimate of drug-likeness (QED) is 0.0877. The molecular weight excluding hydrogens is 1010 g/mol. The van der Waals surface area contributed by atoms with Crippen LogP contribution >= 0.6 is 0 Å². The van der Waals surface area contributed by atoms with Crippen LogP contribution in [0.1, 0.15) is 0 Å². The molecule has 15 aromatic rings. The fourth-order valence-electron chi connectivity index (χ4n) is 13.1. The Balaban J connectivity index is 0.788. The molecule has 3 nitrogen and oxygen atoms in total. The van der Waals surface area contributed by atoms with E-state index in [2.05, 4.69) is 330 Å². The summed E-state index contributed by atoms with van der Waals surface area (Å²) >= 11 is 0. The first-order valence-electron chi connectivity index (χ1n) is 28.1. The number of benzene rings is 12. The smallest absolute Gasteiger partial charge is 0.179 e. The van der Waals surface area contributed by atoms with Gasteiger partial charge >= 0.3 is 0 Å². The standard InChI is InChI=1S/C78H55N3Si/c1-3-18-74-54(2)69-27-17-28-72-73-53-60(41-52-77(73)81(74)78(69)72)59-37-46-63(47-38-59)79(61-42-31-55(32-43-61)56-35-48-64(49-36-56)80-75-29-15-13-25-70(75)71-26-14-16-30-76(71)80)62-44-33-57(34-45-62)58-39-50-68(51-40-58)82(65-19-7-4-8-20-65,66-21-9-5-10-22-66)67-23-11-6-12-24-67/h3-53H,1-2H2/b74-18+. The predicted molar refractivity (Wildman–Crippen MR) is 352 cm³/mol. The highest BCUT2D eigenvalue weighted by Crippen LogP contribution is 2.40. The molecule has 0 aliphatic heterocycles. The van der Waals surface area contributed by atoms with Crippen LogP contribution in [0.2, 0.25) is 0 Å². The molecule has 0 bridgehead atoms. The molecule has 3 heterocycles. The maximum atomic E-state index is 4.46. The molecule has 15 rings (SSSR count). The summed E-state index contributed by atoms with van der Waals surface area (Å²) < 4.78 is 4.72. The van der Waals surface area contributed by atoms with Gasteiger partial charge in [-0.15, -0.1) is 0 Å². The molecule has 0 aliphatic carbocycles. The average molecular weight is 1060 g/mol. The molecule has 0 saturated carbocycles. The molecule has 82 heavy (non-hydrogen) atoms. The lowest BCUT2D eigenvalue weighted by atomic mass is 10.0. The summed E-state index contributed by atoms with van der Waals surface area (Å²) in [6.45, 7) is 8.48. The van der Waals surface area contributed by atoms with E-state index in [0.29, 0.717) is 0 Å². The van der Waals surface area contributed by atoms with E-state index in [1.807, 2.05) is 6.08 Å². The summed E-state index contributed by atoms with van der Waals surface area (Å²) in [5, 5.41) is 13.7. The van der Waals surface area contributed by atoms with E-state index in [1.165, 1.54) is 86.4 Å². The molecule has 0 fully saturated rings. The maximum absolute atomic E-state index is 4.46. The average Bonchev–Trinajstić information content (AvgIpc) is 4.27. The van der Waals surface area contributed by atoms with E-state index < -0.39 is 8.07 Å². The van der Waals surface area contributed by atoms with Crippen LogP contribution in [-0.4, -0.2) is 17.0 Å². The molecule has 0 saturated heterocycles. The van der Waals surface area contributed by atoms with E-state index in [9.17, 15) is 0 Å². The molecule has 0 radical (unpaired) electrons. The summed E-state index contributed by atoms with van der Waals surface area (Å²) in [5.41, 5.74) is 16.1. The minimum atomic E-state index is -2.65. The van der Waals surface area contributed by atoms with Crippen molar-refractivity contribution in [2.24, 2.45) is 0 Å². The zero-order valence-electron chi connectivity index (χ0n) is 45.2. The SMILES string of the molecule is C=C/C=c1\c(=C)c2cccc3c4cc(-c5ccc(N(c6ccc(-c7ccc(-n8c9ccccc9c9ccccc98)cc7)cc6)c6ccc(-c7ccc([Si](c8ccccc8)(c8ccccc8)c8ccccc8)cc7)cc6)cc5)ccc4n1c23. The van der Waals surface area contributed by atoms with Gasteiger partial charge in [0.25, 0.3) is 0 Å². The van der Waals surface area contributed by atoms with Crippen molar-refractivity contribution >= 4 is 108 Å². The molecule has 0 unspecified atom stereocenters. The molecule has 0 aliphatic rings. The number of anilines is 3. The van der Waals surface area contributed by atoms with Gasteiger partial charge in [0.05, 0.1) is 27.4 Å². The summed E-state index contributed by atoms with van der Waals surface area (Å²) in [4.78, 5) is 2.37. The van der Waals surface area contributed by atoms with Crippen LogP contribution in [0, 0.1) is 0 Å². The second-order valence-corrected chi connectivity index (χ2v) is 25.2. The lowest BCUT2D eigenvalue weighted by Gasteiger charge is -2.34. The van der Waals surface area contributed by atoms with Crippen molar-refractivity contribution in [3.63, 3.8) is 0 Å². The molecule has 0 amide bonds. The number of para-hydroxylation sites is 3. The number of aromatic nitrogens is 2. The van der Waals surface area contributed by atoms with Gasteiger partial charge in [0.15, 0.2) is 8.07 Å². The Hall–Kier alpha value is -10.5. The van der Waals surface area contributed by atoms with Crippen LogP contribution in [0.3, 0.4) is 0 Å². The van der Waals surface area contributed by atoms with Gasteiger partial charge in [-0.05, 0) is 133 Å². The van der Waals surface area contributed by atoms with E-state index in [1.54, 1.807) is 0 Å². The molecule has 0 atom stereocenters. The highest BCUT2D eigenvalue weighted by molar-refractivity contribution is 7.19. The maximum Gasteiger partial charge on any atom is 0.179 e. The molecule has 12 aromatic carbocycles. The van der Waals surface area contributed by atoms with Crippen molar-refractivity contribution in [3.8, 4) is 39.1 Å².